The van der Waals surface area contributed by atoms with E-state index < -0.39 is 15.8 Å². The molecule has 1 aromatic heterocycles. The zero-order chi connectivity index (χ0) is 14.2. The highest BCUT2D eigenvalue weighted by atomic mass is 79.9. The summed E-state index contributed by atoms with van der Waals surface area (Å²) in [5.41, 5.74) is 5.61. The maximum absolute atomic E-state index is 13.2. The van der Waals surface area contributed by atoms with Crippen molar-refractivity contribution in [2.45, 2.75) is 11.8 Å². The molecular formula is C10H9BrFN3O3S. The minimum atomic E-state index is -3.97. The van der Waals surface area contributed by atoms with Gasteiger partial charge in [0, 0.05) is 4.47 Å². The first-order chi connectivity index (χ1) is 8.79. The van der Waals surface area contributed by atoms with Crippen molar-refractivity contribution in [2.24, 2.45) is 0 Å². The third kappa shape index (κ3) is 2.87. The summed E-state index contributed by atoms with van der Waals surface area (Å²) >= 11 is 2.97. The zero-order valence-electron chi connectivity index (χ0n) is 9.65. The van der Waals surface area contributed by atoms with Gasteiger partial charge in [0.05, 0.1) is 11.4 Å². The van der Waals surface area contributed by atoms with Gasteiger partial charge in [-0.3, -0.25) is 0 Å². The predicted octanol–water partition coefficient (Wildman–Crippen LogP) is 2.27. The van der Waals surface area contributed by atoms with Crippen molar-refractivity contribution in [1.82, 2.24) is 4.98 Å². The summed E-state index contributed by atoms with van der Waals surface area (Å²) in [6, 6.07) is 1.81. The van der Waals surface area contributed by atoms with Crippen molar-refractivity contribution >= 4 is 37.7 Å². The first-order valence-electron chi connectivity index (χ1n) is 4.99. The molecule has 0 radical (unpaired) electrons. The van der Waals surface area contributed by atoms with Crippen LogP contribution in [0.4, 0.5) is 16.1 Å². The largest absolute Gasteiger partial charge is 0.431 e. The summed E-state index contributed by atoms with van der Waals surface area (Å²) in [5.74, 6) is -0.710. The summed E-state index contributed by atoms with van der Waals surface area (Å²) in [6.45, 7) is 1.65. The minimum absolute atomic E-state index is 0.0509. The molecule has 0 atom stereocenters. The van der Waals surface area contributed by atoms with Gasteiger partial charge in [-0.05, 0) is 35.0 Å². The molecule has 1 heterocycles. The number of hydrogen-bond donors (Lipinski definition) is 2. The number of aryl methyl sites for hydroxylation is 1. The number of benzene rings is 1. The summed E-state index contributed by atoms with van der Waals surface area (Å²) < 4.78 is 44.4. The Labute approximate surface area is 117 Å². The van der Waals surface area contributed by atoms with E-state index in [1.165, 1.54) is 6.26 Å². The Kier molecular flexibility index (Phi) is 3.50. The Morgan fingerprint density at radius 3 is 2.74 bits per heavy atom. The molecule has 0 saturated carbocycles. The molecule has 19 heavy (non-hydrogen) atoms. The van der Waals surface area contributed by atoms with Crippen LogP contribution in [0, 0.1) is 12.7 Å². The normalized spacial score (nSPS) is 11.5. The summed E-state index contributed by atoms with van der Waals surface area (Å²) in [7, 11) is -3.97. The van der Waals surface area contributed by atoms with Gasteiger partial charge < -0.3 is 10.2 Å². The van der Waals surface area contributed by atoms with E-state index in [1.54, 1.807) is 6.92 Å². The average molecular weight is 350 g/mol. The number of sulfonamides is 1. The Bertz CT molecular complexity index is 730. The van der Waals surface area contributed by atoms with Crippen molar-refractivity contribution in [1.29, 1.82) is 0 Å². The number of oxazole rings is 1. The van der Waals surface area contributed by atoms with Crippen LogP contribution in [-0.2, 0) is 10.0 Å². The highest BCUT2D eigenvalue weighted by Crippen LogP contribution is 2.28. The Hall–Kier alpha value is -1.61. The van der Waals surface area contributed by atoms with Gasteiger partial charge in [0.2, 0.25) is 0 Å². The lowest BCUT2D eigenvalue weighted by Crippen LogP contribution is -2.14. The molecule has 0 aliphatic carbocycles. The van der Waals surface area contributed by atoms with Crippen molar-refractivity contribution in [3.05, 3.63) is 34.4 Å². The van der Waals surface area contributed by atoms with Crippen molar-refractivity contribution < 1.29 is 17.2 Å². The van der Waals surface area contributed by atoms with Gasteiger partial charge >= 0.3 is 6.01 Å². The third-order valence-electron chi connectivity index (χ3n) is 2.18. The molecule has 0 aliphatic rings. The molecule has 0 amide bonds. The van der Waals surface area contributed by atoms with E-state index in [2.05, 4.69) is 25.6 Å². The van der Waals surface area contributed by atoms with Gasteiger partial charge in [0.25, 0.3) is 10.0 Å². The van der Waals surface area contributed by atoms with E-state index in [0.717, 1.165) is 12.1 Å². The van der Waals surface area contributed by atoms with Gasteiger partial charge in [0.1, 0.15) is 17.0 Å². The SMILES string of the molecule is Cc1coc(NS(=O)(=O)c2cc(N)c(F)cc2Br)n1. The van der Waals surface area contributed by atoms with Crippen LogP contribution in [0.5, 0.6) is 0 Å². The summed E-state index contributed by atoms with van der Waals surface area (Å²) in [4.78, 5) is 3.61. The third-order valence-corrected chi connectivity index (χ3v) is 4.46. The maximum Gasteiger partial charge on any atom is 0.309 e. The topological polar surface area (TPSA) is 98.2 Å². The second-order valence-electron chi connectivity index (χ2n) is 3.70. The molecule has 0 aliphatic heterocycles. The molecule has 3 N–H and O–H groups in total. The van der Waals surface area contributed by atoms with Crippen LogP contribution >= 0.6 is 15.9 Å². The molecular weight excluding hydrogens is 341 g/mol. The highest BCUT2D eigenvalue weighted by Gasteiger charge is 2.21. The van der Waals surface area contributed by atoms with E-state index in [9.17, 15) is 12.8 Å². The lowest BCUT2D eigenvalue weighted by molar-refractivity contribution is 0.569. The number of hydrogen-bond acceptors (Lipinski definition) is 5. The van der Waals surface area contributed by atoms with Crippen molar-refractivity contribution in [2.75, 3.05) is 10.5 Å². The number of halogens is 2. The second-order valence-corrected chi connectivity index (χ2v) is 6.21. The molecule has 0 fully saturated rings. The first kappa shape index (κ1) is 13.8. The number of anilines is 2. The highest BCUT2D eigenvalue weighted by molar-refractivity contribution is 9.10. The number of nitrogens with two attached hydrogens (primary N) is 1. The number of nitrogens with zero attached hydrogens (tertiary/aromatic N) is 1. The fourth-order valence-corrected chi connectivity index (χ4v) is 3.31. The van der Waals surface area contributed by atoms with Crippen LogP contribution in [0.25, 0.3) is 0 Å². The number of nitrogen functional groups attached to an aromatic ring is 1. The first-order valence-corrected chi connectivity index (χ1v) is 7.26. The van der Waals surface area contributed by atoms with Gasteiger partial charge in [0.15, 0.2) is 0 Å². The second kappa shape index (κ2) is 4.82. The van der Waals surface area contributed by atoms with Crippen LogP contribution < -0.4 is 10.5 Å². The summed E-state index contributed by atoms with van der Waals surface area (Å²) in [5, 5.41) is 0. The molecule has 0 saturated heterocycles. The molecule has 2 aromatic rings. The van der Waals surface area contributed by atoms with E-state index in [4.69, 9.17) is 10.2 Å². The van der Waals surface area contributed by atoms with Crippen LogP contribution in [-0.4, -0.2) is 13.4 Å². The number of aromatic nitrogens is 1. The number of nitrogens with one attached hydrogen (secondary N) is 1. The van der Waals surface area contributed by atoms with Crippen molar-refractivity contribution in [3.63, 3.8) is 0 Å². The van der Waals surface area contributed by atoms with E-state index in [0.29, 0.717) is 5.69 Å². The molecule has 0 bridgehead atoms. The van der Waals surface area contributed by atoms with Crippen LogP contribution in [0.15, 0.2) is 32.2 Å². The van der Waals surface area contributed by atoms with Crippen LogP contribution in [0.1, 0.15) is 5.69 Å². The quantitative estimate of drug-likeness (QED) is 0.828. The van der Waals surface area contributed by atoms with Crippen molar-refractivity contribution in [3.8, 4) is 0 Å². The van der Waals surface area contributed by atoms with Crippen LogP contribution in [0.3, 0.4) is 0 Å². The fraction of sp³-hybridized carbons (Fsp3) is 0.100. The lowest BCUT2D eigenvalue weighted by Gasteiger charge is -2.08. The maximum atomic E-state index is 13.2. The van der Waals surface area contributed by atoms with Gasteiger partial charge in [-0.15, -0.1) is 0 Å². The monoisotopic (exact) mass is 349 g/mol. The molecule has 102 valence electrons. The molecule has 0 unspecified atom stereocenters. The van der Waals surface area contributed by atoms with E-state index >= 15 is 0 Å². The average Bonchev–Trinajstić information content (AvgIpc) is 2.68. The van der Waals surface area contributed by atoms with E-state index in [-0.39, 0.29) is 21.1 Å². The van der Waals surface area contributed by atoms with Gasteiger partial charge in [-0.1, -0.05) is 0 Å². The molecule has 1 aromatic carbocycles. The Balaban J connectivity index is 2.42. The minimum Gasteiger partial charge on any atom is -0.431 e. The summed E-state index contributed by atoms with van der Waals surface area (Å²) in [6.07, 6.45) is 1.30. The van der Waals surface area contributed by atoms with E-state index in [1.807, 2.05) is 0 Å². The van der Waals surface area contributed by atoms with Gasteiger partial charge in [-0.2, -0.15) is 4.98 Å². The Morgan fingerprint density at radius 2 is 2.16 bits per heavy atom. The van der Waals surface area contributed by atoms with Gasteiger partial charge in [-0.25, -0.2) is 17.5 Å². The fourth-order valence-electron chi connectivity index (χ4n) is 1.32. The number of rotatable bonds is 3. The predicted molar refractivity (Wildman–Crippen MR) is 70.6 cm³/mol. The smallest absolute Gasteiger partial charge is 0.309 e. The molecule has 0 spiro atoms. The molecule has 2 rings (SSSR count). The lowest BCUT2D eigenvalue weighted by atomic mass is 10.3. The molecule has 9 heteroatoms. The van der Waals surface area contributed by atoms with Crippen LogP contribution in [0.2, 0.25) is 0 Å². The Morgan fingerprint density at radius 1 is 1.47 bits per heavy atom. The standard InChI is InChI=1S/C10H9BrFN3O3S/c1-5-4-18-10(14-5)15-19(16,17)9-3-8(13)7(12)2-6(9)11/h2-4H,13H2,1H3,(H,14,15). The molecule has 6 nitrogen and oxygen atoms in total. The zero-order valence-corrected chi connectivity index (χ0v) is 12.0.